The molecule has 9 nitrogen and oxygen atoms in total. The molecular formula is C30H36N6O3S2. The Hall–Kier alpha value is -3.44. The number of amides is 2. The first-order valence-electron chi connectivity index (χ1n) is 14.0. The van der Waals surface area contributed by atoms with Crippen molar-refractivity contribution < 1.29 is 14.4 Å². The minimum atomic E-state index is -0.803. The van der Waals surface area contributed by atoms with Gasteiger partial charge in [0.2, 0.25) is 17.6 Å². The van der Waals surface area contributed by atoms with Crippen molar-refractivity contribution in [3.05, 3.63) is 65.2 Å². The number of ketones is 1. The lowest BCUT2D eigenvalue weighted by atomic mass is 9.86. The van der Waals surface area contributed by atoms with Gasteiger partial charge >= 0.3 is 0 Å². The fourth-order valence-electron chi connectivity index (χ4n) is 5.69. The average molecular weight is 593 g/mol. The molecule has 2 amide bonds. The van der Waals surface area contributed by atoms with Gasteiger partial charge in [0.25, 0.3) is 0 Å². The number of aliphatic imine (C=N–C) groups is 1. The molecule has 216 valence electrons. The third kappa shape index (κ3) is 6.56. The predicted octanol–water partition coefficient (Wildman–Crippen LogP) is 3.72. The Morgan fingerprint density at radius 3 is 2.68 bits per heavy atom. The van der Waals surface area contributed by atoms with Gasteiger partial charge in [0.1, 0.15) is 6.04 Å². The summed E-state index contributed by atoms with van der Waals surface area (Å²) in [6, 6.07) is 16.3. The Bertz CT molecular complexity index is 1410. The zero-order valence-corrected chi connectivity index (χ0v) is 24.8. The summed E-state index contributed by atoms with van der Waals surface area (Å²) >= 11 is 2.96. The maximum absolute atomic E-state index is 13.8. The van der Waals surface area contributed by atoms with Crippen LogP contribution in [0.25, 0.3) is 10.2 Å². The summed E-state index contributed by atoms with van der Waals surface area (Å²) < 4.78 is 0.907. The molecule has 5 rings (SSSR count). The molecule has 2 aliphatic heterocycles. The van der Waals surface area contributed by atoms with Crippen molar-refractivity contribution in [2.24, 2.45) is 22.4 Å². The average Bonchev–Trinajstić information content (AvgIpc) is 3.56. The first-order chi connectivity index (χ1) is 19.7. The number of Topliss-reactive ketones (excluding diaryl/α,β-unsaturated/α-hetero) is 1. The van der Waals surface area contributed by atoms with Crippen molar-refractivity contribution >= 4 is 56.9 Å². The van der Waals surface area contributed by atoms with E-state index in [4.69, 9.17) is 11.5 Å². The van der Waals surface area contributed by atoms with Crippen LogP contribution < -0.4 is 16.8 Å². The number of nitrogens with zero attached hydrogens (tertiary/aromatic N) is 3. The lowest BCUT2D eigenvalue weighted by Gasteiger charge is -2.44. The van der Waals surface area contributed by atoms with Gasteiger partial charge in [-0.25, -0.2) is 4.98 Å². The molecule has 2 aliphatic rings. The molecule has 0 bridgehead atoms. The van der Waals surface area contributed by atoms with Crippen molar-refractivity contribution in [3.63, 3.8) is 0 Å². The van der Waals surface area contributed by atoms with Crippen LogP contribution in [0, 0.1) is 5.92 Å². The number of nitrogens with one attached hydrogen (secondary N) is 1. The Kier molecular flexibility index (Phi) is 8.94. The molecule has 11 heteroatoms. The predicted molar refractivity (Wildman–Crippen MR) is 165 cm³/mol. The van der Waals surface area contributed by atoms with Crippen LogP contribution in [0.3, 0.4) is 0 Å². The fourth-order valence-corrected chi connectivity index (χ4v) is 8.08. The summed E-state index contributed by atoms with van der Waals surface area (Å²) in [5.41, 5.74) is 12.9. The van der Waals surface area contributed by atoms with E-state index in [0.717, 1.165) is 35.9 Å². The van der Waals surface area contributed by atoms with Gasteiger partial charge in [0.15, 0.2) is 11.0 Å². The van der Waals surface area contributed by atoms with Crippen LogP contribution in [0.1, 0.15) is 54.4 Å². The van der Waals surface area contributed by atoms with Crippen molar-refractivity contribution in [1.82, 2.24) is 15.2 Å². The lowest BCUT2D eigenvalue weighted by molar-refractivity contribution is -0.149. The molecule has 3 aromatic rings. The van der Waals surface area contributed by atoms with E-state index in [1.807, 2.05) is 42.5 Å². The third-order valence-electron chi connectivity index (χ3n) is 7.93. The second-order valence-electron chi connectivity index (χ2n) is 10.8. The van der Waals surface area contributed by atoms with E-state index in [2.05, 4.69) is 34.3 Å². The topological polar surface area (TPSA) is 144 Å². The second-order valence-corrected chi connectivity index (χ2v) is 13.4. The number of nitrogens with two attached hydrogens (primary N) is 2. The molecule has 2 saturated heterocycles. The summed E-state index contributed by atoms with van der Waals surface area (Å²) in [6.07, 6.45) is 4.06. The minimum absolute atomic E-state index is 0.0178. The van der Waals surface area contributed by atoms with E-state index in [1.165, 1.54) is 16.9 Å². The number of aromatic nitrogens is 1. The van der Waals surface area contributed by atoms with Gasteiger partial charge in [0, 0.05) is 18.2 Å². The van der Waals surface area contributed by atoms with Gasteiger partial charge in [-0.05, 0) is 63.1 Å². The Morgan fingerprint density at radius 1 is 1.17 bits per heavy atom. The van der Waals surface area contributed by atoms with E-state index >= 15 is 0 Å². The summed E-state index contributed by atoms with van der Waals surface area (Å²) in [4.78, 5) is 51.1. The van der Waals surface area contributed by atoms with Crippen molar-refractivity contribution in [2.45, 2.75) is 62.4 Å². The van der Waals surface area contributed by atoms with E-state index < -0.39 is 17.0 Å². The number of guanidine groups is 1. The number of para-hydroxylation sites is 1. The Balaban J connectivity index is 1.31. The molecule has 1 aromatic heterocycles. The van der Waals surface area contributed by atoms with Gasteiger partial charge in [0.05, 0.1) is 21.1 Å². The van der Waals surface area contributed by atoms with Gasteiger partial charge in [-0.15, -0.1) is 23.1 Å². The maximum Gasteiger partial charge on any atom is 0.244 e. The molecule has 2 unspecified atom stereocenters. The number of thioether (sulfide) groups is 1. The number of thiazole rings is 1. The second kappa shape index (κ2) is 12.6. The highest BCUT2D eigenvalue weighted by atomic mass is 32.2. The van der Waals surface area contributed by atoms with E-state index in [1.54, 1.807) is 16.7 Å². The summed E-state index contributed by atoms with van der Waals surface area (Å²) in [7, 11) is 0. The summed E-state index contributed by atoms with van der Waals surface area (Å²) in [6.45, 7) is 2.39. The van der Waals surface area contributed by atoms with Crippen LogP contribution in [0.5, 0.6) is 0 Å². The first-order valence-corrected chi connectivity index (χ1v) is 15.8. The Morgan fingerprint density at radius 2 is 1.93 bits per heavy atom. The molecule has 2 aromatic carbocycles. The van der Waals surface area contributed by atoms with Gasteiger partial charge < -0.3 is 21.7 Å². The number of fused-ring (bicyclic) bond motifs is 2. The highest BCUT2D eigenvalue weighted by Gasteiger charge is 2.53. The van der Waals surface area contributed by atoms with Crippen LogP contribution in [-0.4, -0.2) is 62.7 Å². The van der Waals surface area contributed by atoms with Crippen molar-refractivity contribution in [3.8, 4) is 0 Å². The zero-order valence-electron chi connectivity index (χ0n) is 23.1. The molecule has 0 radical (unpaired) electrons. The van der Waals surface area contributed by atoms with Crippen LogP contribution in [0.4, 0.5) is 0 Å². The number of piperidine rings is 1. The molecule has 5 N–H and O–H groups in total. The van der Waals surface area contributed by atoms with E-state index in [9.17, 15) is 14.4 Å². The first kappa shape index (κ1) is 29.1. The maximum atomic E-state index is 13.8. The van der Waals surface area contributed by atoms with Gasteiger partial charge in [-0.3, -0.25) is 19.4 Å². The van der Waals surface area contributed by atoms with Crippen LogP contribution in [-0.2, 0) is 16.0 Å². The normalized spacial score (nSPS) is 22.8. The van der Waals surface area contributed by atoms with Crippen LogP contribution >= 0.6 is 23.1 Å². The standard InChI is InChI=1S/C30H36N6O3S2/c1-30-16-15-20(14-13-19-8-3-2-4-9-19)28(39)36(30)23(18-40-30)26(38)34-22(11-7-17-33-29(31)32)25(37)27-35-21-10-5-6-12-24(21)41-27/h2-6,8-10,12,20,22-23H,7,11,13-18H2,1H3,(H,34,38)(H4,31,32,33)/t20?,22?,23-,30-/m0/s1. The Labute approximate surface area is 248 Å². The van der Waals surface area contributed by atoms with E-state index in [-0.39, 0.29) is 29.5 Å². The largest absolute Gasteiger partial charge is 0.370 e. The molecule has 41 heavy (non-hydrogen) atoms. The highest BCUT2D eigenvalue weighted by molar-refractivity contribution is 8.00. The van der Waals surface area contributed by atoms with Gasteiger partial charge in [-0.2, -0.15) is 0 Å². The molecule has 0 spiro atoms. The number of rotatable bonds is 11. The molecule has 0 saturated carbocycles. The number of hydrogen-bond donors (Lipinski definition) is 3. The quantitative estimate of drug-likeness (QED) is 0.133. The SMILES string of the molecule is C[C@]12CCC(CCc3ccccc3)C(=O)N1[C@H](C(=O)NC(CCCN=C(N)N)C(=O)c1nc3ccccc3s1)CS2. The fraction of sp³-hybridized carbons (Fsp3) is 0.433. The number of carbonyl (C=O) groups is 3. The lowest BCUT2D eigenvalue weighted by Crippen LogP contribution is -2.59. The smallest absolute Gasteiger partial charge is 0.244 e. The number of aryl methyl sites for hydroxylation is 1. The minimum Gasteiger partial charge on any atom is -0.370 e. The highest BCUT2D eigenvalue weighted by Crippen LogP contribution is 2.48. The molecule has 0 aliphatic carbocycles. The zero-order chi connectivity index (χ0) is 29.0. The van der Waals surface area contributed by atoms with Crippen LogP contribution in [0.2, 0.25) is 0 Å². The number of benzene rings is 2. The molecule has 3 heterocycles. The van der Waals surface area contributed by atoms with Crippen molar-refractivity contribution in [1.29, 1.82) is 0 Å². The van der Waals surface area contributed by atoms with Crippen LogP contribution in [0.15, 0.2) is 59.6 Å². The van der Waals surface area contributed by atoms with Crippen molar-refractivity contribution in [2.75, 3.05) is 12.3 Å². The number of hydrogen-bond acceptors (Lipinski definition) is 7. The van der Waals surface area contributed by atoms with E-state index in [0.29, 0.717) is 30.1 Å². The summed E-state index contributed by atoms with van der Waals surface area (Å²) in [5, 5.41) is 3.34. The summed E-state index contributed by atoms with van der Waals surface area (Å²) in [5.74, 6) is -0.173. The monoisotopic (exact) mass is 592 g/mol. The molecular weight excluding hydrogens is 557 g/mol. The molecule has 4 atom stereocenters. The number of carbonyl (C=O) groups excluding carboxylic acids is 3. The third-order valence-corrected chi connectivity index (χ3v) is 10.5. The molecule has 2 fully saturated rings. The van der Waals surface area contributed by atoms with Gasteiger partial charge in [-0.1, -0.05) is 42.5 Å².